The number of unbranched alkanes of at least 4 members (excludes halogenated alkanes) is 16. The molecule has 1 amide bonds. The number of rotatable bonds is 30. The molecule has 0 aromatic heterocycles. The molecule has 0 aromatic rings. The molecule has 46 heavy (non-hydrogen) atoms. The summed E-state index contributed by atoms with van der Waals surface area (Å²) in [5, 5.41) is 0. The Bertz CT molecular complexity index is 749. The lowest BCUT2D eigenvalue weighted by atomic mass is 10.1. The first-order valence-electron chi connectivity index (χ1n) is 18.8. The molecule has 0 aliphatic rings. The van der Waals surface area contributed by atoms with Gasteiger partial charge in [-0.1, -0.05) is 115 Å². The van der Waals surface area contributed by atoms with Gasteiger partial charge in [0, 0.05) is 25.9 Å². The summed E-state index contributed by atoms with van der Waals surface area (Å²) in [5.41, 5.74) is -0.520. The van der Waals surface area contributed by atoms with E-state index >= 15 is 0 Å². The first kappa shape index (κ1) is 43.7. The molecule has 0 aliphatic carbocycles. The topological polar surface area (TPSA) is 82.1 Å². The molecule has 0 rings (SSSR count). The second kappa shape index (κ2) is 31.3. The number of amides is 1. The lowest BCUT2D eigenvalue weighted by Crippen LogP contribution is -2.38. The summed E-state index contributed by atoms with van der Waals surface area (Å²) in [5.74, 6) is -0.245. The number of allylic oxidation sites excluding steroid dienone is 2. The molecule has 7 nitrogen and oxygen atoms in total. The van der Waals surface area contributed by atoms with Gasteiger partial charge in [-0.15, -0.1) is 0 Å². The highest BCUT2D eigenvalue weighted by Gasteiger charge is 2.21. The Kier molecular flexibility index (Phi) is 29.7. The quantitative estimate of drug-likeness (QED) is 0.0333. The molecular weight excluding hydrogens is 578 g/mol. The molecule has 0 aliphatic heterocycles. The number of carbonyl (C=O) groups is 3. The fourth-order valence-corrected chi connectivity index (χ4v) is 5.00. The van der Waals surface area contributed by atoms with Gasteiger partial charge in [0.25, 0.3) is 0 Å². The van der Waals surface area contributed by atoms with Crippen LogP contribution in [-0.2, 0) is 23.8 Å². The highest BCUT2D eigenvalue weighted by molar-refractivity contribution is 5.69. The SMILES string of the molecule is CCCCCC/C=C\COC(=O)CCCCCCCN(CCCCCCCC(=O)OC/C=C/CCCCCC)C(=O)OC(C)(C)C. The fourth-order valence-electron chi connectivity index (χ4n) is 5.00. The van der Waals surface area contributed by atoms with Crippen LogP contribution in [0.1, 0.15) is 176 Å². The first-order chi connectivity index (χ1) is 22.2. The van der Waals surface area contributed by atoms with E-state index in [0.717, 1.165) is 77.0 Å². The maximum Gasteiger partial charge on any atom is 0.410 e. The van der Waals surface area contributed by atoms with Gasteiger partial charge in [-0.25, -0.2) is 4.79 Å². The Labute approximate surface area is 283 Å². The first-order valence-corrected chi connectivity index (χ1v) is 18.8. The predicted octanol–water partition coefficient (Wildman–Crippen LogP) is 11.0. The zero-order chi connectivity index (χ0) is 34.1. The zero-order valence-corrected chi connectivity index (χ0v) is 30.6. The number of carbonyl (C=O) groups excluding carboxylic acids is 3. The van der Waals surface area contributed by atoms with Gasteiger partial charge in [-0.05, 0) is 72.1 Å². The smallest absolute Gasteiger partial charge is 0.410 e. The van der Waals surface area contributed by atoms with E-state index < -0.39 is 5.60 Å². The molecule has 0 atom stereocenters. The van der Waals surface area contributed by atoms with Crippen molar-refractivity contribution in [1.29, 1.82) is 0 Å². The van der Waals surface area contributed by atoms with Gasteiger partial charge >= 0.3 is 18.0 Å². The highest BCUT2D eigenvalue weighted by Crippen LogP contribution is 2.14. The second-order valence-electron chi connectivity index (χ2n) is 13.5. The van der Waals surface area contributed by atoms with Crippen molar-refractivity contribution in [2.45, 2.75) is 181 Å². The highest BCUT2D eigenvalue weighted by atomic mass is 16.6. The molecular formula is C39H71NO6. The average Bonchev–Trinajstić information content (AvgIpc) is 3.00. The third-order valence-corrected chi connectivity index (χ3v) is 7.73. The third kappa shape index (κ3) is 31.7. The summed E-state index contributed by atoms with van der Waals surface area (Å²) < 4.78 is 16.3. The Hall–Kier alpha value is -2.31. The molecule has 0 fully saturated rings. The summed E-state index contributed by atoms with van der Waals surface area (Å²) in [6.45, 7) is 12.2. The van der Waals surface area contributed by atoms with Crippen LogP contribution < -0.4 is 0 Å². The van der Waals surface area contributed by atoms with Gasteiger partial charge in [0.05, 0.1) is 0 Å². The van der Waals surface area contributed by atoms with Crippen LogP contribution in [0.2, 0.25) is 0 Å². The van der Waals surface area contributed by atoms with Gasteiger partial charge in [0.1, 0.15) is 18.8 Å². The summed E-state index contributed by atoms with van der Waals surface area (Å²) >= 11 is 0. The van der Waals surface area contributed by atoms with E-state index in [-0.39, 0.29) is 18.0 Å². The van der Waals surface area contributed by atoms with Gasteiger partial charge in [-0.2, -0.15) is 0 Å². The van der Waals surface area contributed by atoms with Crippen molar-refractivity contribution < 1.29 is 28.6 Å². The van der Waals surface area contributed by atoms with Crippen molar-refractivity contribution in [3.63, 3.8) is 0 Å². The number of ether oxygens (including phenoxy) is 3. The molecule has 0 saturated heterocycles. The number of esters is 2. The minimum Gasteiger partial charge on any atom is -0.461 e. The number of nitrogens with zero attached hydrogens (tertiary/aromatic N) is 1. The summed E-state index contributed by atoms with van der Waals surface area (Å²) in [7, 11) is 0. The lowest BCUT2D eigenvalue weighted by Gasteiger charge is -2.27. The van der Waals surface area contributed by atoms with E-state index in [1.54, 1.807) is 0 Å². The van der Waals surface area contributed by atoms with Gasteiger partial charge in [-0.3, -0.25) is 9.59 Å². The van der Waals surface area contributed by atoms with Crippen LogP contribution in [0.5, 0.6) is 0 Å². The fraction of sp³-hybridized carbons (Fsp3) is 0.821. The largest absolute Gasteiger partial charge is 0.461 e. The average molecular weight is 650 g/mol. The number of hydrogen-bond donors (Lipinski definition) is 0. The molecule has 0 bridgehead atoms. The van der Waals surface area contributed by atoms with Gasteiger partial charge < -0.3 is 19.1 Å². The number of hydrogen-bond acceptors (Lipinski definition) is 6. The molecule has 0 unspecified atom stereocenters. The summed E-state index contributed by atoms with van der Waals surface area (Å²) in [6.07, 6.45) is 30.5. The molecule has 0 N–H and O–H groups in total. The maximum absolute atomic E-state index is 12.8. The lowest BCUT2D eigenvalue weighted by molar-refractivity contribution is -0.143. The van der Waals surface area contributed by atoms with E-state index in [9.17, 15) is 14.4 Å². The van der Waals surface area contributed by atoms with Crippen LogP contribution in [0.25, 0.3) is 0 Å². The van der Waals surface area contributed by atoms with E-state index in [1.165, 1.54) is 51.4 Å². The molecule has 0 spiro atoms. The van der Waals surface area contributed by atoms with Gasteiger partial charge in [0.2, 0.25) is 0 Å². The molecule has 0 heterocycles. The zero-order valence-electron chi connectivity index (χ0n) is 30.6. The predicted molar refractivity (Wildman–Crippen MR) is 191 cm³/mol. The molecule has 7 heteroatoms. The minimum atomic E-state index is -0.520. The van der Waals surface area contributed by atoms with Crippen molar-refractivity contribution in [2.24, 2.45) is 0 Å². The van der Waals surface area contributed by atoms with Crippen LogP contribution in [0.3, 0.4) is 0 Å². The third-order valence-electron chi connectivity index (χ3n) is 7.73. The Morgan fingerprint density at radius 2 is 0.913 bits per heavy atom. The maximum atomic E-state index is 12.8. The monoisotopic (exact) mass is 650 g/mol. The van der Waals surface area contributed by atoms with Crippen LogP contribution in [0.4, 0.5) is 4.79 Å². The van der Waals surface area contributed by atoms with Crippen molar-refractivity contribution in [3.05, 3.63) is 24.3 Å². The Morgan fingerprint density at radius 3 is 1.33 bits per heavy atom. The van der Waals surface area contributed by atoms with E-state index in [0.29, 0.717) is 39.1 Å². The van der Waals surface area contributed by atoms with Crippen LogP contribution in [0, 0.1) is 0 Å². The van der Waals surface area contributed by atoms with Gasteiger partial charge in [0.15, 0.2) is 0 Å². The Balaban J connectivity index is 4.04. The van der Waals surface area contributed by atoms with E-state index in [4.69, 9.17) is 14.2 Å². The van der Waals surface area contributed by atoms with Crippen LogP contribution in [-0.4, -0.2) is 54.8 Å². The normalized spacial score (nSPS) is 11.8. The summed E-state index contributed by atoms with van der Waals surface area (Å²) in [6, 6.07) is 0. The standard InChI is InChI=1S/C39H71NO6/c1-6-8-10-12-14-22-28-34-44-36(41)30-24-18-16-20-26-32-40(38(43)46-39(3,4)5)33-27-21-17-19-25-31-37(42)45-35-29-23-15-13-11-9-7-2/h22-23,28-29H,6-21,24-27,30-35H2,1-5H3/b28-22-,29-23+. The summed E-state index contributed by atoms with van der Waals surface area (Å²) in [4.78, 5) is 38.5. The van der Waals surface area contributed by atoms with Crippen molar-refractivity contribution in [3.8, 4) is 0 Å². The molecule has 0 aromatic carbocycles. The van der Waals surface area contributed by atoms with Crippen molar-refractivity contribution in [1.82, 2.24) is 4.90 Å². The van der Waals surface area contributed by atoms with Crippen molar-refractivity contribution in [2.75, 3.05) is 26.3 Å². The van der Waals surface area contributed by atoms with Crippen LogP contribution in [0.15, 0.2) is 24.3 Å². The molecule has 0 saturated carbocycles. The Morgan fingerprint density at radius 1 is 0.522 bits per heavy atom. The van der Waals surface area contributed by atoms with E-state index in [1.807, 2.05) is 37.8 Å². The van der Waals surface area contributed by atoms with E-state index in [2.05, 4.69) is 26.0 Å². The molecule has 0 radical (unpaired) electrons. The molecule has 268 valence electrons. The second-order valence-corrected chi connectivity index (χ2v) is 13.5. The van der Waals surface area contributed by atoms with Crippen LogP contribution >= 0.6 is 0 Å². The minimum absolute atomic E-state index is 0.122. The van der Waals surface area contributed by atoms with Crippen molar-refractivity contribution >= 4 is 18.0 Å².